The highest BCUT2D eigenvalue weighted by Gasteiger charge is 2.22. The van der Waals surface area contributed by atoms with Crippen molar-refractivity contribution in [3.63, 3.8) is 0 Å². The fourth-order valence-corrected chi connectivity index (χ4v) is 2.30. The third kappa shape index (κ3) is 4.20. The van der Waals surface area contributed by atoms with Crippen molar-refractivity contribution in [3.05, 3.63) is 29.8 Å². The average molecular weight is 264 g/mol. The molecule has 0 spiro atoms. The molecule has 0 saturated carbocycles. The standard InChI is InChI=1S/C15H24N2O2/c1-17(9-10-18-2)8-7-16-11-13-12-19-15-6-4-3-5-14(13)15/h3-6,13,16H,7-12H2,1-2H3. The summed E-state index contributed by atoms with van der Waals surface area (Å²) < 4.78 is 10.7. The van der Waals surface area contributed by atoms with Gasteiger partial charge in [0.05, 0.1) is 13.2 Å². The molecule has 0 aliphatic carbocycles. The lowest BCUT2D eigenvalue weighted by Gasteiger charge is -2.17. The molecule has 1 aromatic rings. The second-order valence-electron chi connectivity index (χ2n) is 5.05. The van der Waals surface area contributed by atoms with Gasteiger partial charge in [-0.3, -0.25) is 0 Å². The van der Waals surface area contributed by atoms with Crippen LogP contribution in [0, 0.1) is 0 Å². The number of nitrogens with zero attached hydrogens (tertiary/aromatic N) is 1. The highest BCUT2D eigenvalue weighted by molar-refractivity contribution is 5.39. The minimum Gasteiger partial charge on any atom is -0.493 e. The van der Waals surface area contributed by atoms with E-state index in [0.29, 0.717) is 5.92 Å². The van der Waals surface area contributed by atoms with Crippen LogP contribution in [0.25, 0.3) is 0 Å². The lowest BCUT2D eigenvalue weighted by molar-refractivity contribution is 0.161. The molecule has 0 fully saturated rings. The Bertz CT molecular complexity index is 384. The fourth-order valence-electron chi connectivity index (χ4n) is 2.30. The summed E-state index contributed by atoms with van der Waals surface area (Å²) in [6.45, 7) is 5.59. The van der Waals surface area contributed by atoms with Gasteiger partial charge in [0.15, 0.2) is 0 Å². The number of hydrogen-bond donors (Lipinski definition) is 1. The topological polar surface area (TPSA) is 33.7 Å². The highest BCUT2D eigenvalue weighted by Crippen LogP contribution is 2.32. The molecule has 106 valence electrons. The Hall–Kier alpha value is -1.10. The quantitative estimate of drug-likeness (QED) is 0.718. The van der Waals surface area contributed by atoms with Crippen LogP contribution in [-0.4, -0.2) is 58.5 Å². The van der Waals surface area contributed by atoms with E-state index in [0.717, 1.165) is 45.1 Å². The minimum atomic E-state index is 0.487. The molecular formula is C15H24N2O2. The normalized spacial score (nSPS) is 17.5. The number of fused-ring (bicyclic) bond motifs is 1. The Morgan fingerprint density at radius 2 is 2.21 bits per heavy atom. The van der Waals surface area contributed by atoms with Crippen LogP contribution in [0.3, 0.4) is 0 Å². The number of benzene rings is 1. The Balaban J connectivity index is 1.65. The van der Waals surface area contributed by atoms with E-state index in [-0.39, 0.29) is 0 Å². The summed E-state index contributed by atoms with van der Waals surface area (Å²) in [5.41, 5.74) is 1.34. The van der Waals surface area contributed by atoms with Crippen LogP contribution in [0.4, 0.5) is 0 Å². The number of hydrogen-bond acceptors (Lipinski definition) is 4. The number of ether oxygens (including phenoxy) is 2. The van der Waals surface area contributed by atoms with Gasteiger partial charge >= 0.3 is 0 Å². The van der Waals surface area contributed by atoms with Gasteiger partial charge in [-0.1, -0.05) is 18.2 Å². The predicted octanol–water partition coefficient (Wildman–Crippen LogP) is 1.33. The zero-order valence-electron chi connectivity index (χ0n) is 11.9. The van der Waals surface area contributed by atoms with Crippen molar-refractivity contribution < 1.29 is 9.47 Å². The van der Waals surface area contributed by atoms with Crippen LogP contribution >= 0.6 is 0 Å². The van der Waals surface area contributed by atoms with Gasteiger partial charge in [-0.05, 0) is 13.1 Å². The molecule has 4 heteroatoms. The van der Waals surface area contributed by atoms with E-state index in [1.54, 1.807) is 7.11 Å². The minimum absolute atomic E-state index is 0.487. The van der Waals surface area contributed by atoms with E-state index in [2.05, 4.69) is 29.4 Å². The smallest absolute Gasteiger partial charge is 0.122 e. The summed E-state index contributed by atoms with van der Waals surface area (Å²) in [5.74, 6) is 1.53. The van der Waals surface area contributed by atoms with E-state index in [1.165, 1.54) is 5.56 Å². The number of rotatable bonds is 8. The predicted molar refractivity (Wildman–Crippen MR) is 76.9 cm³/mol. The maximum absolute atomic E-state index is 5.68. The average Bonchev–Trinajstić information content (AvgIpc) is 2.85. The van der Waals surface area contributed by atoms with E-state index in [4.69, 9.17) is 9.47 Å². The third-order valence-electron chi connectivity index (χ3n) is 3.54. The molecule has 1 aliphatic heterocycles. The lowest BCUT2D eigenvalue weighted by Crippen LogP contribution is -2.33. The summed E-state index contributed by atoms with van der Waals surface area (Å²) in [7, 11) is 3.86. The molecule has 0 saturated heterocycles. The van der Waals surface area contributed by atoms with Crippen LogP contribution in [0.1, 0.15) is 11.5 Å². The zero-order chi connectivity index (χ0) is 13.5. The molecule has 0 amide bonds. The number of likely N-dealkylation sites (N-methyl/N-ethyl adjacent to an activating group) is 1. The first-order valence-electron chi connectivity index (χ1n) is 6.91. The summed E-state index contributed by atoms with van der Waals surface area (Å²) in [6.07, 6.45) is 0. The molecule has 1 aromatic carbocycles. The van der Waals surface area contributed by atoms with Gasteiger partial charge in [0.25, 0.3) is 0 Å². The van der Waals surface area contributed by atoms with Crippen molar-refractivity contribution in [2.45, 2.75) is 5.92 Å². The molecule has 0 bridgehead atoms. The molecule has 1 heterocycles. The number of para-hydroxylation sites is 1. The first-order valence-corrected chi connectivity index (χ1v) is 6.91. The Kier molecular flexibility index (Phi) is 5.63. The van der Waals surface area contributed by atoms with E-state index in [1.807, 2.05) is 12.1 Å². The second kappa shape index (κ2) is 7.48. The summed E-state index contributed by atoms with van der Waals surface area (Å²) in [6, 6.07) is 8.33. The van der Waals surface area contributed by atoms with Gasteiger partial charge in [-0.25, -0.2) is 0 Å². The van der Waals surface area contributed by atoms with Gasteiger partial charge in [0, 0.05) is 44.8 Å². The van der Waals surface area contributed by atoms with Gasteiger partial charge < -0.3 is 19.7 Å². The second-order valence-corrected chi connectivity index (χ2v) is 5.05. The Morgan fingerprint density at radius 1 is 1.37 bits per heavy atom. The molecular weight excluding hydrogens is 240 g/mol. The molecule has 1 N–H and O–H groups in total. The van der Waals surface area contributed by atoms with Crippen LogP contribution in [-0.2, 0) is 4.74 Å². The van der Waals surface area contributed by atoms with E-state index in [9.17, 15) is 0 Å². The molecule has 1 unspecified atom stereocenters. The van der Waals surface area contributed by atoms with Gasteiger partial charge in [0.1, 0.15) is 5.75 Å². The van der Waals surface area contributed by atoms with Crippen LogP contribution in [0.15, 0.2) is 24.3 Å². The lowest BCUT2D eigenvalue weighted by atomic mass is 10.0. The van der Waals surface area contributed by atoms with Crippen molar-refractivity contribution >= 4 is 0 Å². The molecule has 4 nitrogen and oxygen atoms in total. The molecule has 2 rings (SSSR count). The van der Waals surface area contributed by atoms with Crippen molar-refractivity contribution in [2.75, 3.05) is 53.6 Å². The van der Waals surface area contributed by atoms with Gasteiger partial charge in [-0.15, -0.1) is 0 Å². The molecule has 0 radical (unpaired) electrons. The van der Waals surface area contributed by atoms with Crippen LogP contribution in [0.2, 0.25) is 0 Å². The van der Waals surface area contributed by atoms with E-state index < -0.39 is 0 Å². The first kappa shape index (κ1) is 14.3. The molecule has 1 aliphatic rings. The summed E-state index contributed by atoms with van der Waals surface area (Å²) in [5, 5.41) is 3.51. The molecule has 0 aromatic heterocycles. The van der Waals surface area contributed by atoms with Crippen molar-refractivity contribution in [3.8, 4) is 5.75 Å². The summed E-state index contributed by atoms with van der Waals surface area (Å²) >= 11 is 0. The third-order valence-corrected chi connectivity index (χ3v) is 3.54. The zero-order valence-corrected chi connectivity index (χ0v) is 11.9. The largest absolute Gasteiger partial charge is 0.493 e. The summed E-state index contributed by atoms with van der Waals surface area (Å²) in [4.78, 5) is 2.27. The van der Waals surface area contributed by atoms with Crippen molar-refractivity contribution in [1.82, 2.24) is 10.2 Å². The SMILES string of the molecule is COCCN(C)CCNCC1COc2ccccc21. The first-order chi connectivity index (χ1) is 9.31. The highest BCUT2D eigenvalue weighted by atomic mass is 16.5. The maximum atomic E-state index is 5.68. The number of nitrogens with one attached hydrogen (secondary N) is 1. The van der Waals surface area contributed by atoms with Crippen molar-refractivity contribution in [2.24, 2.45) is 0 Å². The van der Waals surface area contributed by atoms with Gasteiger partial charge in [0.2, 0.25) is 0 Å². The van der Waals surface area contributed by atoms with E-state index >= 15 is 0 Å². The molecule has 19 heavy (non-hydrogen) atoms. The van der Waals surface area contributed by atoms with Crippen LogP contribution < -0.4 is 10.1 Å². The fraction of sp³-hybridized carbons (Fsp3) is 0.600. The molecule has 1 atom stereocenters. The number of methoxy groups -OCH3 is 1. The Labute approximate surface area is 115 Å². The monoisotopic (exact) mass is 264 g/mol. The maximum Gasteiger partial charge on any atom is 0.122 e. The van der Waals surface area contributed by atoms with Crippen molar-refractivity contribution in [1.29, 1.82) is 0 Å². The van der Waals surface area contributed by atoms with Gasteiger partial charge in [-0.2, -0.15) is 0 Å². The Morgan fingerprint density at radius 3 is 3.05 bits per heavy atom. The van der Waals surface area contributed by atoms with Crippen LogP contribution in [0.5, 0.6) is 5.75 Å².